The molecule has 2 rings (SSSR count). The van der Waals surface area contributed by atoms with Crippen molar-refractivity contribution in [2.24, 2.45) is 22.1 Å². The highest BCUT2D eigenvalue weighted by molar-refractivity contribution is 5.94. The van der Waals surface area contributed by atoms with Gasteiger partial charge in [0.05, 0.1) is 6.04 Å². The molecule has 5 nitrogen and oxygen atoms in total. The fourth-order valence-corrected chi connectivity index (χ4v) is 3.75. The molecule has 1 aliphatic carbocycles. The summed E-state index contributed by atoms with van der Waals surface area (Å²) in [5.74, 6) is 0.708. The first-order valence-corrected chi connectivity index (χ1v) is 6.21. The van der Waals surface area contributed by atoms with Gasteiger partial charge >= 0.3 is 6.09 Å². The summed E-state index contributed by atoms with van der Waals surface area (Å²) in [7, 11) is 2.01. The second-order valence-electron chi connectivity index (χ2n) is 5.69. The van der Waals surface area contributed by atoms with Gasteiger partial charge in [-0.1, -0.05) is 19.8 Å². The van der Waals surface area contributed by atoms with Gasteiger partial charge in [0.25, 0.3) is 0 Å². The van der Waals surface area contributed by atoms with Gasteiger partial charge in [-0.25, -0.2) is 4.79 Å². The number of rotatable bonds is 1. The minimum Gasteiger partial charge on any atom is -0.463 e. The molecule has 1 heterocycles. The minimum atomic E-state index is -1.19. The number of carbonyl (C=O) groups is 1. The molecule has 0 bridgehead atoms. The Morgan fingerprint density at radius 2 is 2.24 bits per heavy atom. The van der Waals surface area contributed by atoms with E-state index in [0.29, 0.717) is 5.92 Å². The number of nitrogens with zero attached hydrogens (tertiary/aromatic N) is 2. The zero-order chi connectivity index (χ0) is 12.6. The van der Waals surface area contributed by atoms with Crippen LogP contribution in [0.2, 0.25) is 0 Å². The number of hydrogen-bond acceptors (Lipinski definition) is 2. The Morgan fingerprint density at radius 1 is 1.53 bits per heavy atom. The number of amides is 1. The van der Waals surface area contributed by atoms with E-state index in [4.69, 9.17) is 10.8 Å². The summed E-state index contributed by atoms with van der Waals surface area (Å²) in [5.41, 5.74) is 6.14. The van der Waals surface area contributed by atoms with E-state index in [9.17, 15) is 4.79 Å². The van der Waals surface area contributed by atoms with Crippen LogP contribution in [0.15, 0.2) is 4.99 Å². The molecule has 1 amide bonds. The molecule has 0 aromatic heterocycles. The van der Waals surface area contributed by atoms with Gasteiger partial charge in [-0.2, -0.15) is 4.99 Å². The van der Waals surface area contributed by atoms with Crippen LogP contribution < -0.4 is 5.73 Å². The molecule has 1 saturated carbocycles. The number of fused-ring (bicyclic) bond motifs is 1. The second-order valence-corrected chi connectivity index (χ2v) is 5.69. The lowest BCUT2D eigenvalue weighted by Crippen LogP contribution is -2.43. The molecule has 2 fully saturated rings. The van der Waals surface area contributed by atoms with Crippen LogP contribution in [-0.4, -0.2) is 41.6 Å². The molecule has 0 aromatic rings. The van der Waals surface area contributed by atoms with Crippen molar-refractivity contribution in [2.45, 2.75) is 38.6 Å². The van der Waals surface area contributed by atoms with E-state index in [2.05, 4.69) is 16.8 Å². The Kier molecular flexibility index (Phi) is 3.12. The number of aliphatic imine (C=N–C) groups is 1. The van der Waals surface area contributed by atoms with Gasteiger partial charge in [-0.15, -0.1) is 0 Å². The molecular weight excluding hydrogens is 218 g/mol. The van der Waals surface area contributed by atoms with E-state index in [1.165, 1.54) is 19.3 Å². The molecule has 17 heavy (non-hydrogen) atoms. The van der Waals surface area contributed by atoms with E-state index in [1.54, 1.807) is 0 Å². The van der Waals surface area contributed by atoms with Crippen molar-refractivity contribution in [3.05, 3.63) is 0 Å². The van der Waals surface area contributed by atoms with Crippen LogP contribution in [0.3, 0.4) is 0 Å². The van der Waals surface area contributed by atoms with Gasteiger partial charge in [0.1, 0.15) is 5.84 Å². The van der Waals surface area contributed by atoms with Crippen LogP contribution in [0.4, 0.5) is 4.79 Å². The van der Waals surface area contributed by atoms with E-state index in [0.717, 1.165) is 13.0 Å². The topological polar surface area (TPSA) is 78.9 Å². The standard InChI is InChI=1S/C12H21N3O2/c1-12-6-4-3-5-8(12)9(15(2)7-12)10(13)14-11(16)17/h8-9H,3-7H2,1-2H3,(H2,13,14)(H,16,17)/t8-,9-,12+/m1/s1. The molecule has 0 radical (unpaired) electrons. The zero-order valence-electron chi connectivity index (χ0n) is 10.5. The number of hydrogen-bond donors (Lipinski definition) is 2. The lowest BCUT2D eigenvalue weighted by atomic mass is 9.67. The summed E-state index contributed by atoms with van der Waals surface area (Å²) in [6.07, 6.45) is 3.62. The van der Waals surface area contributed by atoms with Crippen LogP contribution in [0.25, 0.3) is 0 Å². The maximum atomic E-state index is 10.6. The highest BCUT2D eigenvalue weighted by Gasteiger charge is 2.50. The SMILES string of the molecule is CN1C[C@]2(C)CCCC[C@@H]2[C@@H]1/C(N)=N/C(=O)O. The van der Waals surface area contributed by atoms with Crippen LogP contribution in [-0.2, 0) is 0 Å². The predicted octanol–water partition coefficient (Wildman–Crippen LogP) is 1.53. The third-order valence-electron chi connectivity index (χ3n) is 4.40. The van der Waals surface area contributed by atoms with Crippen LogP contribution >= 0.6 is 0 Å². The quantitative estimate of drug-likeness (QED) is 0.537. The average molecular weight is 239 g/mol. The van der Waals surface area contributed by atoms with Crippen molar-refractivity contribution < 1.29 is 9.90 Å². The first kappa shape index (κ1) is 12.4. The number of amidine groups is 1. The van der Waals surface area contributed by atoms with E-state index in [1.807, 2.05) is 7.05 Å². The van der Waals surface area contributed by atoms with Crippen molar-refractivity contribution in [2.75, 3.05) is 13.6 Å². The molecular formula is C12H21N3O2. The van der Waals surface area contributed by atoms with Crippen molar-refractivity contribution in [1.29, 1.82) is 0 Å². The smallest absolute Gasteiger partial charge is 0.432 e. The summed E-state index contributed by atoms with van der Waals surface area (Å²) in [6, 6.07) is -0.00333. The third-order valence-corrected chi connectivity index (χ3v) is 4.40. The van der Waals surface area contributed by atoms with Crippen LogP contribution in [0, 0.1) is 11.3 Å². The Labute approximate surface area is 102 Å². The number of likely N-dealkylation sites (tertiary alicyclic amines) is 1. The maximum Gasteiger partial charge on any atom is 0.432 e. The maximum absolute atomic E-state index is 10.6. The van der Waals surface area contributed by atoms with Gasteiger partial charge in [0.15, 0.2) is 0 Å². The second kappa shape index (κ2) is 4.29. The summed E-state index contributed by atoms with van der Waals surface area (Å²) in [4.78, 5) is 16.3. The van der Waals surface area contributed by atoms with Crippen molar-refractivity contribution in [1.82, 2.24) is 4.90 Å². The summed E-state index contributed by atoms with van der Waals surface area (Å²) in [5, 5.41) is 8.70. The molecule has 1 saturated heterocycles. The summed E-state index contributed by atoms with van der Waals surface area (Å²) in [6.45, 7) is 3.28. The summed E-state index contributed by atoms with van der Waals surface area (Å²) < 4.78 is 0. The molecule has 96 valence electrons. The van der Waals surface area contributed by atoms with Gasteiger partial charge < -0.3 is 10.8 Å². The number of nitrogens with two attached hydrogens (primary N) is 1. The number of likely N-dealkylation sites (N-methyl/N-ethyl adjacent to an activating group) is 1. The molecule has 2 aliphatic rings. The monoisotopic (exact) mass is 239 g/mol. The Hall–Kier alpha value is -1.10. The van der Waals surface area contributed by atoms with E-state index < -0.39 is 6.09 Å². The van der Waals surface area contributed by atoms with Crippen LogP contribution in [0.1, 0.15) is 32.6 Å². The Morgan fingerprint density at radius 3 is 2.88 bits per heavy atom. The zero-order valence-corrected chi connectivity index (χ0v) is 10.5. The first-order valence-electron chi connectivity index (χ1n) is 6.21. The predicted molar refractivity (Wildman–Crippen MR) is 66.1 cm³/mol. The lowest BCUT2D eigenvalue weighted by Gasteiger charge is -2.37. The Balaban J connectivity index is 2.25. The molecule has 3 N–H and O–H groups in total. The van der Waals surface area contributed by atoms with Gasteiger partial charge in [0.2, 0.25) is 0 Å². The van der Waals surface area contributed by atoms with Gasteiger partial charge in [-0.3, -0.25) is 4.90 Å². The molecule has 0 spiro atoms. The minimum absolute atomic E-state index is 0.00333. The normalized spacial score (nSPS) is 39.1. The van der Waals surface area contributed by atoms with E-state index >= 15 is 0 Å². The molecule has 0 unspecified atom stereocenters. The first-order chi connectivity index (χ1) is 7.94. The highest BCUT2D eigenvalue weighted by atomic mass is 16.4. The van der Waals surface area contributed by atoms with Gasteiger partial charge in [0, 0.05) is 6.54 Å². The largest absolute Gasteiger partial charge is 0.463 e. The number of carboxylic acid groups (broad SMARTS) is 1. The summed E-state index contributed by atoms with van der Waals surface area (Å²) >= 11 is 0. The van der Waals surface area contributed by atoms with Crippen LogP contribution in [0.5, 0.6) is 0 Å². The molecule has 5 heteroatoms. The fourth-order valence-electron chi connectivity index (χ4n) is 3.75. The molecule has 3 atom stereocenters. The van der Waals surface area contributed by atoms with Crippen molar-refractivity contribution in [3.63, 3.8) is 0 Å². The van der Waals surface area contributed by atoms with Gasteiger partial charge in [-0.05, 0) is 31.2 Å². The highest BCUT2D eigenvalue weighted by Crippen LogP contribution is 2.49. The van der Waals surface area contributed by atoms with Crippen molar-refractivity contribution in [3.8, 4) is 0 Å². The average Bonchev–Trinajstić information content (AvgIpc) is 2.46. The third kappa shape index (κ3) is 2.16. The molecule has 0 aromatic carbocycles. The lowest BCUT2D eigenvalue weighted by molar-refractivity contribution is 0.165. The fraction of sp³-hybridized carbons (Fsp3) is 0.833. The van der Waals surface area contributed by atoms with Crippen molar-refractivity contribution >= 4 is 11.9 Å². The molecule has 1 aliphatic heterocycles. The Bertz CT molecular complexity index is 356. The van der Waals surface area contributed by atoms with E-state index in [-0.39, 0.29) is 17.3 Å².